The lowest BCUT2D eigenvalue weighted by Gasteiger charge is -2.34. The first-order valence-corrected chi connectivity index (χ1v) is 10.1. The van der Waals surface area contributed by atoms with Crippen LogP contribution in [0.1, 0.15) is 63.6 Å². The van der Waals surface area contributed by atoms with Gasteiger partial charge < -0.3 is 10.6 Å². The minimum Gasteiger partial charge on any atom is -0.350 e. The molecule has 2 amide bonds. The zero-order chi connectivity index (χ0) is 18.5. The quantitative estimate of drug-likeness (QED) is 0.852. The number of nitrogens with one attached hydrogen (secondary N) is 2. The monoisotopic (exact) mass is 354 g/mol. The summed E-state index contributed by atoms with van der Waals surface area (Å²) in [5, 5.41) is 6.56. The van der Waals surface area contributed by atoms with Crippen molar-refractivity contribution in [2.24, 2.45) is 23.2 Å². The Hall–Kier alpha value is -1.84. The van der Waals surface area contributed by atoms with E-state index >= 15 is 0 Å². The van der Waals surface area contributed by atoms with Crippen molar-refractivity contribution in [3.8, 4) is 0 Å². The zero-order valence-corrected chi connectivity index (χ0v) is 16.0. The molecule has 0 unspecified atom stereocenters. The molecule has 0 saturated heterocycles. The van der Waals surface area contributed by atoms with Crippen molar-refractivity contribution >= 4 is 11.8 Å². The van der Waals surface area contributed by atoms with E-state index < -0.39 is 0 Å². The number of amides is 2. The predicted octanol–water partition coefficient (Wildman–Crippen LogP) is 3.37. The lowest BCUT2D eigenvalue weighted by molar-refractivity contribution is -0.131. The summed E-state index contributed by atoms with van der Waals surface area (Å²) in [7, 11) is 0. The number of carbonyl (C=O) groups is 2. The summed E-state index contributed by atoms with van der Waals surface area (Å²) in [5.74, 6) is 1.46. The Morgan fingerprint density at radius 1 is 1.12 bits per heavy atom. The summed E-state index contributed by atoms with van der Waals surface area (Å²) < 4.78 is 0. The van der Waals surface area contributed by atoms with Crippen LogP contribution in [0.15, 0.2) is 24.3 Å². The fourth-order valence-corrected chi connectivity index (χ4v) is 4.81. The van der Waals surface area contributed by atoms with Gasteiger partial charge in [0.15, 0.2) is 0 Å². The molecule has 0 radical (unpaired) electrons. The van der Waals surface area contributed by atoms with E-state index in [9.17, 15) is 9.59 Å². The molecule has 3 aliphatic carbocycles. The number of hydrogen-bond donors (Lipinski definition) is 2. The topological polar surface area (TPSA) is 58.2 Å². The van der Waals surface area contributed by atoms with Gasteiger partial charge in [0, 0.05) is 5.92 Å². The van der Waals surface area contributed by atoms with Gasteiger partial charge >= 0.3 is 0 Å². The third kappa shape index (κ3) is 2.93. The fraction of sp³-hybridized carbons (Fsp3) is 0.636. The van der Waals surface area contributed by atoms with Gasteiger partial charge in [-0.15, -0.1) is 0 Å². The second-order valence-corrected chi connectivity index (χ2v) is 9.05. The van der Waals surface area contributed by atoms with Crippen molar-refractivity contribution in [1.29, 1.82) is 0 Å². The van der Waals surface area contributed by atoms with E-state index in [0.717, 1.165) is 37.7 Å². The average molecular weight is 354 g/mol. The van der Waals surface area contributed by atoms with Gasteiger partial charge in [0.25, 0.3) is 0 Å². The molecule has 2 atom stereocenters. The highest BCUT2D eigenvalue weighted by molar-refractivity contribution is 5.86. The third-order valence-corrected chi connectivity index (χ3v) is 6.94. The predicted molar refractivity (Wildman–Crippen MR) is 101 cm³/mol. The normalized spacial score (nSPS) is 31.1. The maximum atomic E-state index is 12.9. The van der Waals surface area contributed by atoms with Gasteiger partial charge in [0.05, 0.1) is 17.5 Å². The molecular weight excluding hydrogens is 324 g/mol. The molecule has 2 fully saturated rings. The van der Waals surface area contributed by atoms with Crippen LogP contribution in [-0.2, 0) is 16.0 Å². The summed E-state index contributed by atoms with van der Waals surface area (Å²) in [5.41, 5.74) is 2.21. The van der Waals surface area contributed by atoms with Gasteiger partial charge in [-0.3, -0.25) is 9.59 Å². The van der Waals surface area contributed by atoms with Crippen LogP contribution >= 0.6 is 0 Å². The summed E-state index contributed by atoms with van der Waals surface area (Å²) in [4.78, 5) is 25.6. The molecule has 0 aromatic heterocycles. The fourth-order valence-electron chi connectivity index (χ4n) is 4.81. The zero-order valence-electron chi connectivity index (χ0n) is 16.0. The van der Waals surface area contributed by atoms with Crippen molar-refractivity contribution in [2.45, 2.75) is 65.0 Å². The van der Waals surface area contributed by atoms with Gasteiger partial charge in [0.1, 0.15) is 0 Å². The summed E-state index contributed by atoms with van der Waals surface area (Å²) in [6, 6.07) is 8.10. The second-order valence-electron chi connectivity index (χ2n) is 9.05. The first-order chi connectivity index (χ1) is 12.4. The molecule has 1 aromatic carbocycles. The molecule has 4 heteroatoms. The number of rotatable bonds is 5. The molecule has 0 heterocycles. The molecule has 2 saturated carbocycles. The van der Waals surface area contributed by atoms with E-state index in [4.69, 9.17) is 0 Å². The van der Waals surface area contributed by atoms with Crippen molar-refractivity contribution in [3.05, 3.63) is 35.4 Å². The molecule has 0 aliphatic heterocycles. The highest BCUT2D eigenvalue weighted by Crippen LogP contribution is 2.52. The molecule has 2 N–H and O–H groups in total. The van der Waals surface area contributed by atoms with E-state index in [1.165, 1.54) is 5.56 Å². The summed E-state index contributed by atoms with van der Waals surface area (Å²) in [6.45, 7) is 6.46. The molecule has 4 rings (SSSR count). The van der Waals surface area contributed by atoms with Crippen LogP contribution in [0.3, 0.4) is 0 Å². The average Bonchev–Trinajstić information content (AvgIpc) is 3.33. The van der Waals surface area contributed by atoms with Gasteiger partial charge in [-0.05, 0) is 55.1 Å². The lowest BCUT2D eigenvalue weighted by Crippen LogP contribution is -2.49. The van der Waals surface area contributed by atoms with Crippen LogP contribution in [0, 0.1) is 23.2 Å². The molecule has 140 valence electrons. The van der Waals surface area contributed by atoms with Crippen molar-refractivity contribution in [3.63, 3.8) is 0 Å². The molecule has 3 aliphatic rings. The number of fused-ring (bicyclic) bond motifs is 1. The molecule has 26 heavy (non-hydrogen) atoms. The van der Waals surface area contributed by atoms with E-state index in [-0.39, 0.29) is 35.2 Å². The van der Waals surface area contributed by atoms with Crippen LogP contribution < -0.4 is 10.6 Å². The first kappa shape index (κ1) is 17.6. The molecule has 1 aromatic rings. The van der Waals surface area contributed by atoms with Gasteiger partial charge in [0.2, 0.25) is 11.8 Å². The Morgan fingerprint density at radius 2 is 1.81 bits per heavy atom. The maximum Gasteiger partial charge on any atom is 0.226 e. The van der Waals surface area contributed by atoms with Crippen LogP contribution in [0.5, 0.6) is 0 Å². The highest BCUT2D eigenvalue weighted by atomic mass is 16.2. The third-order valence-electron chi connectivity index (χ3n) is 6.94. The van der Waals surface area contributed by atoms with Gasteiger partial charge in [-0.25, -0.2) is 0 Å². The second kappa shape index (κ2) is 6.40. The Kier molecular flexibility index (Phi) is 4.32. The SMILES string of the molecule is CC1CC(C(=O)N[C@@H]2c3ccccc3C[C@H]2NC(=O)C2(C(C)C)CC2)C1. The Labute approximate surface area is 156 Å². The Morgan fingerprint density at radius 3 is 2.42 bits per heavy atom. The molecular formula is C22H30N2O2. The Bertz CT molecular complexity index is 717. The minimum atomic E-state index is -0.188. The molecule has 0 bridgehead atoms. The van der Waals surface area contributed by atoms with Gasteiger partial charge in [-0.1, -0.05) is 45.0 Å². The molecule has 4 nitrogen and oxygen atoms in total. The maximum absolute atomic E-state index is 12.9. The van der Waals surface area contributed by atoms with E-state index in [1.54, 1.807) is 0 Å². The summed E-state index contributed by atoms with van der Waals surface area (Å²) >= 11 is 0. The van der Waals surface area contributed by atoms with Crippen LogP contribution in [0.4, 0.5) is 0 Å². The lowest BCUT2D eigenvalue weighted by atomic mass is 9.75. The standard InChI is InChI=1S/C22H30N2O2/c1-13(2)22(8-9-22)21(26)23-18-12-15-6-4-5-7-17(15)19(18)24-20(25)16-10-14(3)11-16/h4-7,13-14,16,18-19H,8-12H2,1-3H3,(H,23,26)(H,24,25)/t14?,16?,18-,19-/m1/s1. The smallest absolute Gasteiger partial charge is 0.226 e. The largest absolute Gasteiger partial charge is 0.350 e. The molecule has 0 spiro atoms. The first-order valence-electron chi connectivity index (χ1n) is 10.1. The number of carbonyl (C=O) groups excluding carboxylic acids is 2. The van der Waals surface area contributed by atoms with Crippen LogP contribution in [0.2, 0.25) is 0 Å². The van der Waals surface area contributed by atoms with Crippen molar-refractivity contribution < 1.29 is 9.59 Å². The number of benzene rings is 1. The van der Waals surface area contributed by atoms with Crippen molar-refractivity contribution in [1.82, 2.24) is 10.6 Å². The highest BCUT2D eigenvalue weighted by Gasteiger charge is 2.53. The van der Waals surface area contributed by atoms with Crippen molar-refractivity contribution in [2.75, 3.05) is 0 Å². The van der Waals surface area contributed by atoms with Crippen LogP contribution in [0.25, 0.3) is 0 Å². The van der Waals surface area contributed by atoms with E-state index in [0.29, 0.717) is 11.8 Å². The summed E-state index contributed by atoms with van der Waals surface area (Å²) in [6.07, 6.45) is 4.71. The number of hydrogen-bond acceptors (Lipinski definition) is 2. The van der Waals surface area contributed by atoms with Gasteiger partial charge in [-0.2, -0.15) is 0 Å². The minimum absolute atomic E-state index is 0.0439. The van der Waals surface area contributed by atoms with E-state index in [2.05, 4.69) is 43.5 Å². The van der Waals surface area contributed by atoms with Crippen LogP contribution in [-0.4, -0.2) is 17.9 Å². The van der Waals surface area contributed by atoms with E-state index in [1.807, 2.05) is 12.1 Å². The Balaban J connectivity index is 1.50.